The van der Waals surface area contributed by atoms with Gasteiger partial charge in [0, 0.05) is 11.3 Å². The Labute approximate surface area is 149 Å². The number of aldehydes is 1. The Hall–Kier alpha value is -1.04. The van der Waals surface area contributed by atoms with Gasteiger partial charge in [-0.25, -0.2) is 0 Å². The average Bonchev–Trinajstić information content (AvgIpc) is 2.59. The number of rotatable bonds is 4. The van der Waals surface area contributed by atoms with Gasteiger partial charge in [-0.3, -0.25) is 4.79 Å². The molecule has 3 aliphatic rings. The third kappa shape index (κ3) is 2.81. The van der Waals surface area contributed by atoms with E-state index in [1.807, 2.05) is 0 Å². The van der Waals surface area contributed by atoms with Crippen molar-refractivity contribution in [1.29, 1.82) is 0 Å². The highest BCUT2D eigenvalue weighted by molar-refractivity contribution is 5.91. The fraction of sp³-hybridized carbons (Fsp3) is 0.800. The average molecular weight is 350 g/mol. The fourth-order valence-electron chi connectivity index (χ4n) is 5.76. The number of Topliss-reactive ketones (excluding diaryl/α,β-unsaturated/α-hetero) is 1. The zero-order chi connectivity index (χ0) is 18.4. The summed E-state index contributed by atoms with van der Waals surface area (Å²) in [7, 11) is 0. The number of aliphatic hydroxyl groups is 3. The molecule has 0 amide bonds. The van der Waals surface area contributed by atoms with Crippen molar-refractivity contribution >= 4 is 12.1 Å². The Morgan fingerprint density at radius 2 is 2.04 bits per heavy atom. The van der Waals surface area contributed by atoms with Crippen LogP contribution in [0.25, 0.3) is 0 Å². The summed E-state index contributed by atoms with van der Waals surface area (Å²) in [5.74, 6) is -0.719. The van der Waals surface area contributed by atoms with Crippen LogP contribution in [-0.2, 0) is 9.59 Å². The van der Waals surface area contributed by atoms with Crippen molar-refractivity contribution in [1.82, 2.24) is 0 Å². The molecule has 0 heterocycles. The number of allylic oxidation sites excluding steroid dienone is 1. The third-order valence-electron chi connectivity index (χ3n) is 7.47. The maximum atomic E-state index is 13.4. The van der Waals surface area contributed by atoms with Gasteiger partial charge in [-0.1, -0.05) is 25.5 Å². The molecule has 3 aliphatic carbocycles. The van der Waals surface area contributed by atoms with E-state index in [2.05, 4.69) is 13.0 Å². The molecule has 25 heavy (non-hydrogen) atoms. The summed E-state index contributed by atoms with van der Waals surface area (Å²) in [5.41, 5.74) is 0.318. The van der Waals surface area contributed by atoms with Crippen molar-refractivity contribution < 1.29 is 24.9 Å². The lowest BCUT2D eigenvalue weighted by Gasteiger charge is -2.55. The van der Waals surface area contributed by atoms with Gasteiger partial charge in [0.15, 0.2) is 0 Å². The molecule has 2 fully saturated rings. The second kappa shape index (κ2) is 6.60. The first-order chi connectivity index (χ1) is 11.8. The quantitative estimate of drug-likeness (QED) is 0.529. The van der Waals surface area contributed by atoms with Crippen molar-refractivity contribution in [2.24, 2.45) is 28.6 Å². The number of ketones is 1. The molecule has 0 unspecified atom stereocenters. The minimum absolute atomic E-state index is 0.0502. The Kier molecular flexibility index (Phi) is 4.95. The number of hydrogen-bond acceptors (Lipinski definition) is 5. The van der Waals surface area contributed by atoms with Gasteiger partial charge in [-0.2, -0.15) is 0 Å². The minimum Gasteiger partial charge on any atom is -0.394 e. The molecule has 140 valence electrons. The van der Waals surface area contributed by atoms with Gasteiger partial charge in [-0.15, -0.1) is 0 Å². The molecule has 0 aromatic heterocycles. The predicted octanol–water partition coefficient (Wildman–Crippen LogP) is 1.64. The van der Waals surface area contributed by atoms with Crippen LogP contribution < -0.4 is 0 Å². The van der Waals surface area contributed by atoms with E-state index in [0.29, 0.717) is 25.5 Å². The van der Waals surface area contributed by atoms with E-state index in [9.17, 15) is 24.9 Å². The lowest BCUT2D eigenvalue weighted by atomic mass is 9.48. The molecule has 2 saturated carbocycles. The smallest absolute Gasteiger partial charge is 0.143 e. The molecule has 5 heteroatoms. The summed E-state index contributed by atoms with van der Waals surface area (Å²) in [6.45, 7) is 3.48. The van der Waals surface area contributed by atoms with Gasteiger partial charge in [0.1, 0.15) is 12.1 Å². The zero-order valence-corrected chi connectivity index (χ0v) is 15.1. The van der Waals surface area contributed by atoms with Gasteiger partial charge in [0.25, 0.3) is 0 Å². The van der Waals surface area contributed by atoms with Crippen LogP contribution in [0.15, 0.2) is 11.6 Å². The molecule has 7 atom stereocenters. The van der Waals surface area contributed by atoms with Crippen LogP contribution in [0.2, 0.25) is 0 Å². The molecular formula is C20H30O5. The zero-order valence-electron chi connectivity index (χ0n) is 15.1. The molecule has 5 nitrogen and oxygen atoms in total. The van der Waals surface area contributed by atoms with Crippen molar-refractivity contribution in [3.63, 3.8) is 0 Å². The first-order valence-electron chi connectivity index (χ1n) is 9.44. The molecule has 0 radical (unpaired) electrons. The largest absolute Gasteiger partial charge is 0.394 e. The Balaban J connectivity index is 1.91. The van der Waals surface area contributed by atoms with Gasteiger partial charge in [0.2, 0.25) is 0 Å². The normalized spacial score (nSPS) is 43.5. The highest BCUT2D eigenvalue weighted by Crippen LogP contribution is 2.59. The number of carbonyl (C=O) groups is 2. The molecule has 0 bridgehead atoms. The highest BCUT2D eigenvalue weighted by atomic mass is 16.3. The van der Waals surface area contributed by atoms with E-state index in [-0.39, 0.29) is 29.1 Å². The van der Waals surface area contributed by atoms with Gasteiger partial charge < -0.3 is 20.1 Å². The van der Waals surface area contributed by atoms with Crippen molar-refractivity contribution in [3.05, 3.63) is 11.6 Å². The van der Waals surface area contributed by atoms with Gasteiger partial charge in [0.05, 0.1) is 24.7 Å². The predicted molar refractivity (Wildman–Crippen MR) is 92.6 cm³/mol. The van der Waals surface area contributed by atoms with Crippen LogP contribution in [0.1, 0.15) is 52.4 Å². The van der Waals surface area contributed by atoms with Crippen molar-refractivity contribution in [2.45, 2.75) is 64.6 Å². The maximum Gasteiger partial charge on any atom is 0.143 e. The summed E-state index contributed by atoms with van der Waals surface area (Å²) < 4.78 is 0. The van der Waals surface area contributed by atoms with Crippen LogP contribution in [0.5, 0.6) is 0 Å². The monoisotopic (exact) mass is 350 g/mol. The first-order valence-corrected chi connectivity index (χ1v) is 9.44. The summed E-state index contributed by atoms with van der Waals surface area (Å²) in [6.07, 6.45) is 5.69. The number of aliphatic hydroxyl groups excluding tert-OH is 3. The van der Waals surface area contributed by atoms with E-state index in [0.717, 1.165) is 19.3 Å². The van der Waals surface area contributed by atoms with Crippen LogP contribution >= 0.6 is 0 Å². The third-order valence-corrected chi connectivity index (χ3v) is 7.47. The molecule has 0 saturated heterocycles. The van der Waals surface area contributed by atoms with E-state index in [1.165, 1.54) is 5.57 Å². The number of fused-ring (bicyclic) bond motifs is 3. The van der Waals surface area contributed by atoms with Crippen LogP contribution in [0, 0.1) is 28.6 Å². The molecule has 0 aliphatic heterocycles. The number of carbonyl (C=O) groups excluding carboxylic acids is 2. The number of hydrogen-bond donors (Lipinski definition) is 3. The first kappa shape index (κ1) is 18.7. The van der Waals surface area contributed by atoms with Crippen LogP contribution in [0.3, 0.4) is 0 Å². The summed E-state index contributed by atoms with van der Waals surface area (Å²) >= 11 is 0. The second-order valence-corrected chi connectivity index (χ2v) is 8.72. The molecule has 3 rings (SSSR count). The summed E-state index contributed by atoms with van der Waals surface area (Å²) in [4.78, 5) is 24.9. The Bertz CT molecular complexity index is 585. The Morgan fingerprint density at radius 3 is 2.68 bits per heavy atom. The van der Waals surface area contributed by atoms with E-state index >= 15 is 0 Å². The van der Waals surface area contributed by atoms with E-state index in [1.54, 1.807) is 6.92 Å². The topological polar surface area (TPSA) is 94.8 Å². The van der Waals surface area contributed by atoms with Crippen molar-refractivity contribution in [3.8, 4) is 0 Å². The lowest BCUT2D eigenvalue weighted by Crippen LogP contribution is -2.55. The van der Waals surface area contributed by atoms with Crippen LogP contribution in [0.4, 0.5) is 0 Å². The fourth-order valence-corrected chi connectivity index (χ4v) is 5.76. The molecule has 0 aromatic rings. The Morgan fingerprint density at radius 1 is 1.32 bits per heavy atom. The summed E-state index contributed by atoms with van der Waals surface area (Å²) in [5, 5.41) is 29.3. The van der Waals surface area contributed by atoms with E-state index in [4.69, 9.17) is 0 Å². The molecular weight excluding hydrogens is 320 g/mol. The SMILES string of the molecule is C[C@]1([C@@H](C=O)[C@H](O)CO)CC[C@H]2[C@@H](CC=C3C[C@@H](O)CC[C@@]32C)C1=O. The molecule has 0 spiro atoms. The van der Waals surface area contributed by atoms with E-state index < -0.39 is 24.0 Å². The second-order valence-electron chi connectivity index (χ2n) is 8.72. The minimum atomic E-state index is -1.20. The van der Waals surface area contributed by atoms with Crippen LogP contribution in [-0.4, -0.2) is 46.2 Å². The lowest BCUT2D eigenvalue weighted by molar-refractivity contribution is -0.153. The highest BCUT2D eigenvalue weighted by Gasteiger charge is 2.57. The maximum absolute atomic E-state index is 13.4. The summed E-state index contributed by atoms with van der Waals surface area (Å²) in [6, 6.07) is 0. The molecule has 3 N–H and O–H groups in total. The van der Waals surface area contributed by atoms with Gasteiger partial charge in [-0.05, 0) is 49.9 Å². The molecule has 0 aromatic carbocycles. The standard InChI is InChI=1S/C20H30O5/c1-19-7-5-13(23)9-12(19)3-4-14-15(19)6-8-20(2,18(14)25)16(10-21)17(24)11-22/h3,10,13-17,22-24H,4-9,11H2,1-2H3/t13-,14+,15-,16-,17+,19-,20+/m0/s1. The van der Waals surface area contributed by atoms with Gasteiger partial charge >= 0.3 is 0 Å². The van der Waals surface area contributed by atoms with Crippen molar-refractivity contribution in [2.75, 3.05) is 6.61 Å².